The monoisotopic (exact) mass is 243 g/mol. The maximum atomic E-state index is 9.08. The maximum Gasteiger partial charge on any atom is 0.0608 e. The third kappa shape index (κ3) is 5.34. The lowest BCUT2D eigenvalue weighted by atomic mass is 9.97. The molecule has 0 radical (unpaired) electrons. The third-order valence-corrected chi connectivity index (χ3v) is 3.87. The van der Waals surface area contributed by atoms with Gasteiger partial charge in [0, 0.05) is 11.6 Å². The molecule has 1 aliphatic heterocycles. The van der Waals surface area contributed by atoms with Gasteiger partial charge in [-0.3, -0.25) is 0 Å². The Morgan fingerprint density at radius 2 is 1.94 bits per heavy atom. The summed E-state index contributed by atoms with van der Waals surface area (Å²) in [6.45, 7) is 5.51. The predicted octanol–water partition coefficient (Wildman–Crippen LogP) is 0.502. The fourth-order valence-electron chi connectivity index (χ4n) is 2.44. The minimum absolute atomic E-state index is 0.0791. The van der Waals surface area contributed by atoms with Crippen molar-refractivity contribution in [1.29, 1.82) is 0 Å². The van der Waals surface area contributed by atoms with E-state index in [9.17, 15) is 0 Å². The smallest absolute Gasteiger partial charge is 0.0608 e. The molecular weight excluding hydrogens is 214 g/mol. The Morgan fingerprint density at radius 1 is 1.35 bits per heavy atom. The summed E-state index contributed by atoms with van der Waals surface area (Å²) in [5.41, 5.74) is 5.52. The minimum Gasteiger partial charge on any atom is -0.394 e. The van der Waals surface area contributed by atoms with Crippen molar-refractivity contribution >= 4 is 0 Å². The summed E-state index contributed by atoms with van der Waals surface area (Å²) in [4.78, 5) is 4.85. The third-order valence-electron chi connectivity index (χ3n) is 3.87. The van der Waals surface area contributed by atoms with Crippen molar-refractivity contribution in [3.8, 4) is 0 Å². The SMILES string of the molecule is CN(C)C1CCN(CCCC(C)(N)CO)CC1. The number of piperidine rings is 1. The highest BCUT2D eigenvalue weighted by Gasteiger charge is 2.21. The van der Waals surface area contributed by atoms with Gasteiger partial charge in [0.1, 0.15) is 0 Å². The number of hydrogen-bond donors (Lipinski definition) is 2. The van der Waals surface area contributed by atoms with Gasteiger partial charge < -0.3 is 20.6 Å². The zero-order valence-corrected chi connectivity index (χ0v) is 11.7. The van der Waals surface area contributed by atoms with Gasteiger partial charge in [-0.1, -0.05) is 0 Å². The van der Waals surface area contributed by atoms with Gasteiger partial charge in [0.25, 0.3) is 0 Å². The molecule has 0 aliphatic carbocycles. The molecule has 0 aromatic rings. The van der Waals surface area contributed by atoms with Crippen molar-refractivity contribution in [2.45, 2.75) is 44.2 Å². The Hall–Kier alpha value is -0.160. The Bertz CT molecular complexity index is 211. The molecule has 0 bridgehead atoms. The summed E-state index contributed by atoms with van der Waals surface area (Å²) in [7, 11) is 4.34. The van der Waals surface area contributed by atoms with Gasteiger partial charge in [0.05, 0.1) is 6.61 Å². The molecule has 17 heavy (non-hydrogen) atoms. The zero-order valence-electron chi connectivity index (χ0n) is 11.7. The largest absolute Gasteiger partial charge is 0.394 e. The van der Waals surface area contributed by atoms with E-state index >= 15 is 0 Å². The van der Waals surface area contributed by atoms with Crippen LogP contribution in [-0.4, -0.2) is 66.8 Å². The van der Waals surface area contributed by atoms with Crippen LogP contribution in [-0.2, 0) is 0 Å². The fourth-order valence-corrected chi connectivity index (χ4v) is 2.44. The average molecular weight is 243 g/mol. The number of aliphatic hydroxyl groups is 1. The Balaban J connectivity index is 2.14. The van der Waals surface area contributed by atoms with E-state index in [2.05, 4.69) is 23.9 Å². The second kappa shape index (κ2) is 6.69. The number of likely N-dealkylation sites (tertiary alicyclic amines) is 1. The normalized spacial score (nSPS) is 22.9. The highest BCUT2D eigenvalue weighted by molar-refractivity contribution is 4.80. The summed E-state index contributed by atoms with van der Waals surface area (Å²) in [5, 5.41) is 9.08. The number of nitrogens with two attached hydrogens (primary N) is 1. The second-order valence-electron chi connectivity index (χ2n) is 5.95. The molecule has 1 atom stereocenters. The van der Waals surface area contributed by atoms with Crippen LogP contribution in [0.25, 0.3) is 0 Å². The summed E-state index contributed by atoms with van der Waals surface area (Å²) in [6, 6.07) is 0.753. The van der Waals surface area contributed by atoms with Crippen LogP contribution in [0, 0.1) is 0 Å². The summed E-state index contributed by atoms with van der Waals surface area (Å²) >= 11 is 0. The van der Waals surface area contributed by atoms with Crippen LogP contribution in [0.2, 0.25) is 0 Å². The number of rotatable bonds is 6. The van der Waals surface area contributed by atoms with E-state index < -0.39 is 5.54 Å². The predicted molar refractivity (Wildman–Crippen MR) is 72.1 cm³/mol. The molecule has 1 rings (SSSR count). The molecule has 3 N–H and O–H groups in total. The van der Waals surface area contributed by atoms with Crippen LogP contribution >= 0.6 is 0 Å². The van der Waals surface area contributed by atoms with E-state index in [1.807, 2.05) is 6.92 Å². The van der Waals surface area contributed by atoms with Crippen molar-refractivity contribution in [3.05, 3.63) is 0 Å². The second-order valence-corrected chi connectivity index (χ2v) is 5.95. The molecule has 4 heteroatoms. The molecule has 1 saturated heterocycles. The molecule has 0 spiro atoms. The maximum absolute atomic E-state index is 9.08. The molecule has 102 valence electrons. The van der Waals surface area contributed by atoms with Crippen LogP contribution < -0.4 is 5.73 Å². The zero-order chi connectivity index (χ0) is 12.9. The molecule has 0 aromatic heterocycles. The summed E-state index contributed by atoms with van der Waals surface area (Å²) in [6.07, 6.45) is 4.52. The van der Waals surface area contributed by atoms with E-state index in [0.717, 1.165) is 25.4 Å². The van der Waals surface area contributed by atoms with E-state index in [1.165, 1.54) is 25.9 Å². The molecule has 0 amide bonds. The minimum atomic E-state index is -0.401. The van der Waals surface area contributed by atoms with Gasteiger partial charge >= 0.3 is 0 Å². The lowest BCUT2D eigenvalue weighted by Crippen LogP contribution is -2.44. The van der Waals surface area contributed by atoms with Gasteiger partial charge in [0.15, 0.2) is 0 Å². The molecular formula is C13H29N3O. The van der Waals surface area contributed by atoms with Gasteiger partial charge in [-0.2, -0.15) is 0 Å². The average Bonchev–Trinajstić information content (AvgIpc) is 2.29. The van der Waals surface area contributed by atoms with Crippen LogP contribution in [0.3, 0.4) is 0 Å². The molecule has 1 heterocycles. The van der Waals surface area contributed by atoms with Crippen LogP contribution in [0.15, 0.2) is 0 Å². The van der Waals surface area contributed by atoms with Crippen molar-refractivity contribution < 1.29 is 5.11 Å². The van der Waals surface area contributed by atoms with Gasteiger partial charge in [-0.25, -0.2) is 0 Å². The first-order valence-corrected chi connectivity index (χ1v) is 6.73. The van der Waals surface area contributed by atoms with Crippen molar-refractivity contribution in [2.24, 2.45) is 5.73 Å². The molecule has 0 saturated carbocycles. The topological polar surface area (TPSA) is 52.7 Å². The van der Waals surface area contributed by atoms with Crippen LogP contribution in [0.1, 0.15) is 32.6 Å². The molecule has 0 aromatic carbocycles. The lowest BCUT2D eigenvalue weighted by Gasteiger charge is -2.35. The van der Waals surface area contributed by atoms with Gasteiger partial charge in [0.2, 0.25) is 0 Å². The highest BCUT2D eigenvalue weighted by Crippen LogP contribution is 2.15. The summed E-state index contributed by atoms with van der Waals surface area (Å²) < 4.78 is 0. The van der Waals surface area contributed by atoms with E-state index in [-0.39, 0.29) is 6.61 Å². The quantitative estimate of drug-likeness (QED) is 0.713. The first-order valence-electron chi connectivity index (χ1n) is 6.73. The lowest BCUT2D eigenvalue weighted by molar-refractivity contribution is 0.137. The Kier molecular flexibility index (Phi) is 5.86. The Labute approximate surface area is 106 Å². The van der Waals surface area contributed by atoms with E-state index in [1.54, 1.807) is 0 Å². The molecule has 4 nitrogen and oxygen atoms in total. The molecule has 1 aliphatic rings. The number of aliphatic hydroxyl groups excluding tert-OH is 1. The van der Waals surface area contributed by atoms with Gasteiger partial charge in [-0.05, 0) is 66.3 Å². The Morgan fingerprint density at radius 3 is 2.41 bits per heavy atom. The van der Waals surface area contributed by atoms with Crippen molar-refractivity contribution in [3.63, 3.8) is 0 Å². The summed E-state index contributed by atoms with van der Waals surface area (Å²) in [5.74, 6) is 0. The first kappa shape index (κ1) is 14.9. The highest BCUT2D eigenvalue weighted by atomic mass is 16.3. The van der Waals surface area contributed by atoms with E-state index in [0.29, 0.717) is 0 Å². The molecule has 1 fully saturated rings. The standard InChI is InChI=1S/C13H29N3O/c1-13(14,11-17)7-4-8-16-9-5-12(6-10-16)15(2)3/h12,17H,4-11,14H2,1-3H3. The molecule has 1 unspecified atom stereocenters. The van der Waals surface area contributed by atoms with Crippen molar-refractivity contribution in [1.82, 2.24) is 9.80 Å². The first-order chi connectivity index (χ1) is 7.94. The fraction of sp³-hybridized carbons (Fsp3) is 1.00. The van der Waals surface area contributed by atoms with Crippen LogP contribution in [0.5, 0.6) is 0 Å². The number of hydrogen-bond acceptors (Lipinski definition) is 4. The van der Waals surface area contributed by atoms with Crippen molar-refractivity contribution in [2.75, 3.05) is 40.3 Å². The van der Waals surface area contributed by atoms with Gasteiger partial charge in [-0.15, -0.1) is 0 Å². The van der Waals surface area contributed by atoms with E-state index in [4.69, 9.17) is 10.8 Å². The number of nitrogens with zero attached hydrogens (tertiary/aromatic N) is 2. The van der Waals surface area contributed by atoms with Crippen LogP contribution in [0.4, 0.5) is 0 Å².